The van der Waals surface area contributed by atoms with Gasteiger partial charge in [0.05, 0.1) is 18.4 Å². The molecule has 37 heavy (non-hydrogen) atoms. The van der Waals surface area contributed by atoms with Crippen molar-refractivity contribution >= 4 is 51.9 Å². The fourth-order valence-electron chi connectivity index (χ4n) is 3.70. The number of carboxylic acids is 1. The molecule has 1 unspecified atom stereocenters. The standard InChI is InChI=1S/C23H26N8O5S/c1-12-18(20(33)34)37-23(27-12)30-22-28-16(26-10-13-3-5-14(6-4-13)21(35)36-2)9-17(29-22)31-8-7-25-15(11-31)19(24)32/h3-6,9,15,25H,7-8,10-11H2,1-2H3,(H2,24,32)(H,33,34)(H2,26,27,28,29,30). The first-order chi connectivity index (χ1) is 17.7. The molecule has 0 spiro atoms. The van der Waals surface area contributed by atoms with Crippen LogP contribution < -0.4 is 26.6 Å². The number of carbonyl (C=O) groups is 3. The number of piperazine rings is 1. The van der Waals surface area contributed by atoms with Crippen molar-refractivity contribution in [2.24, 2.45) is 5.73 Å². The molecule has 1 atom stereocenters. The molecule has 3 aromatic rings. The number of hydrogen-bond acceptors (Lipinski definition) is 12. The number of aryl methyl sites for hydroxylation is 1. The number of nitrogens with one attached hydrogen (secondary N) is 3. The topological polar surface area (TPSA) is 185 Å². The first-order valence-electron chi connectivity index (χ1n) is 11.3. The normalized spacial score (nSPS) is 15.2. The van der Waals surface area contributed by atoms with Crippen LogP contribution in [0.15, 0.2) is 30.3 Å². The number of benzene rings is 1. The number of esters is 1. The molecule has 194 valence electrons. The molecule has 0 bridgehead atoms. The SMILES string of the molecule is COC(=O)c1ccc(CNc2cc(N3CCNC(C(N)=O)C3)nc(Nc3nc(C)c(C(=O)O)s3)n2)cc1. The monoisotopic (exact) mass is 526 g/mol. The molecule has 6 N–H and O–H groups in total. The highest BCUT2D eigenvalue weighted by Gasteiger charge is 2.25. The first kappa shape index (κ1) is 25.8. The Morgan fingerprint density at radius 3 is 2.65 bits per heavy atom. The highest BCUT2D eigenvalue weighted by Crippen LogP contribution is 2.27. The van der Waals surface area contributed by atoms with Crippen molar-refractivity contribution in [2.75, 3.05) is 42.3 Å². The van der Waals surface area contributed by atoms with Gasteiger partial charge in [0.1, 0.15) is 22.6 Å². The number of methoxy groups -OCH3 is 1. The van der Waals surface area contributed by atoms with E-state index in [9.17, 15) is 19.5 Å². The van der Waals surface area contributed by atoms with Crippen molar-refractivity contribution in [1.29, 1.82) is 0 Å². The molecule has 1 aliphatic rings. The lowest BCUT2D eigenvalue weighted by Gasteiger charge is -2.33. The number of rotatable bonds is 9. The Morgan fingerprint density at radius 2 is 2.00 bits per heavy atom. The maximum absolute atomic E-state index is 11.7. The predicted octanol–water partition coefficient (Wildman–Crippen LogP) is 1.35. The van der Waals surface area contributed by atoms with Gasteiger partial charge in [0.2, 0.25) is 11.9 Å². The molecule has 14 heteroatoms. The molecule has 1 aliphatic heterocycles. The van der Waals surface area contributed by atoms with Crippen LogP contribution in [0.4, 0.5) is 22.7 Å². The summed E-state index contributed by atoms with van der Waals surface area (Å²) < 4.78 is 4.73. The Hall–Kier alpha value is -4.30. The summed E-state index contributed by atoms with van der Waals surface area (Å²) in [6, 6.07) is 8.20. The fraction of sp³-hybridized carbons (Fsp3) is 0.304. The number of carboxylic acid groups (broad SMARTS) is 1. The molecule has 2 aromatic heterocycles. The van der Waals surface area contributed by atoms with Gasteiger partial charge in [-0.05, 0) is 24.6 Å². The van der Waals surface area contributed by atoms with Crippen LogP contribution in [-0.4, -0.2) is 70.7 Å². The van der Waals surface area contributed by atoms with Crippen LogP contribution in [0, 0.1) is 6.92 Å². The summed E-state index contributed by atoms with van der Waals surface area (Å²) in [6.45, 7) is 3.49. The zero-order valence-electron chi connectivity index (χ0n) is 20.1. The number of amides is 1. The van der Waals surface area contributed by atoms with E-state index in [4.69, 9.17) is 10.5 Å². The molecular formula is C23H26N8O5S. The minimum atomic E-state index is -1.06. The lowest BCUT2D eigenvalue weighted by atomic mass is 10.1. The Bertz CT molecular complexity index is 1310. The quantitative estimate of drug-likeness (QED) is 0.252. The Balaban J connectivity index is 1.58. The van der Waals surface area contributed by atoms with Crippen LogP contribution in [0.2, 0.25) is 0 Å². The average molecular weight is 527 g/mol. The number of aromatic nitrogens is 3. The Kier molecular flexibility index (Phi) is 7.79. The van der Waals surface area contributed by atoms with Gasteiger partial charge in [0.15, 0.2) is 5.13 Å². The van der Waals surface area contributed by atoms with Crippen LogP contribution in [0.25, 0.3) is 0 Å². The van der Waals surface area contributed by atoms with Gasteiger partial charge >= 0.3 is 11.9 Å². The number of anilines is 4. The zero-order chi connectivity index (χ0) is 26.5. The summed E-state index contributed by atoms with van der Waals surface area (Å²) in [5.74, 6) is -0.668. The number of hydrogen-bond donors (Lipinski definition) is 5. The molecule has 13 nitrogen and oxygen atoms in total. The fourth-order valence-corrected chi connectivity index (χ4v) is 4.50. The Morgan fingerprint density at radius 1 is 1.24 bits per heavy atom. The second-order valence-electron chi connectivity index (χ2n) is 8.20. The minimum absolute atomic E-state index is 0.124. The van der Waals surface area contributed by atoms with Crippen molar-refractivity contribution in [3.05, 3.63) is 52.0 Å². The maximum atomic E-state index is 11.7. The molecule has 4 rings (SSSR count). The van der Waals surface area contributed by atoms with Crippen LogP contribution >= 0.6 is 11.3 Å². The van der Waals surface area contributed by atoms with E-state index in [0.29, 0.717) is 54.2 Å². The number of ether oxygens (including phenoxy) is 1. The van der Waals surface area contributed by atoms with E-state index in [2.05, 4.69) is 30.9 Å². The van der Waals surface area contributed by atoms with Crippen molar-refractivity contribution in [1.82, 2.24) is 20.3 Å². The van der Waals surface area contributed by atoms with Crippen LogP contribution in [0.5, 0.6) is 0 Å². The third-order valence-corrected chi connectivity index (χ3v) is 6.67. The summed E-state index contributed by atoms with van der Waals surface area (Å²) in [7, 11) is 1.33. The Labute approximate surface area is 216 Å². The van der Waals surface area contributed by atoms with E-state index in [1.807, 2.05) is 4.90 Å². The van der Waals surface area contributed by atoms with Gasteiger partial charge in [0, 0.05) is 32.2 Å². The second-order valence-corrected chi connectivity index (χ2v) is 9.19. The van der Waals surface area contributed by atoms with Gasteiger partial charge in [-0.2, -0.15) is 9.97 Å². The molecule has 1 fully saturated rings. The van der Waals surface area contributed by atoms with Gasteiger partial charge in [-0.25, -0.2) is 14.6 Å². The van der Waals surface area contributed by atoms with Gasteiger partial charge in [0.25, 0.3) is 0 Å². The third kappa shape index (κ3) is 6.29. The largest absolute Gasteiger partial charge is 0.477 e. The molecule has 3 heterocycles. The zero-order valence-corrected chi connectivity index (χ0v) is 21.0. The summed E-state index contributed by atoms with van der Waals surface area (Å²) in [6.07, 6.45) is 0. The lowest BCUT2D eigenvalue weighted by molar-refractivity contribution is -0.120. The second kappa shape index (κ2) is 11.2. The number of thiazole rings is 1. The lowest BCUT2D eigenvalue weighted by Crippen LogP contribution is -2.56. The van der Waals surface area contributed by atoms with E-state index in [-0.39, 0.29) is 10.8 Å². The van der Waals surface area contributed by atoms with Crippen LogP contribution in [0.3, 0.4) is 0 Å². The maximum Gasteiger partial charge on any atom is 0.347 e. The minimum Gasteiger partial charge on any atom is -0.477 e. The number of nitrogens with zero attached hydrogens (tertiary/aromatic N) is 4. The molecule has 0 aliphatic carbocycles. The summed E-state index contributed by atoms with van der Waals surface area (Å²) in [4.78, 5) is 50.2. The number of carbonyl (C=O) groups excluding carboxylic acids is 2. The van der Waals surface area contributed by atoms with Gasteiger partial charge in [-0.15, -0.1) is 0 Å². The van der Waals surface area contributed by atoms with E-state index >= 15 is 0 Å². The molecular weight excluding hydrogens is 500 g/mol. The molecule has 0 saturated carbocycles. The van der Waals surface area contributed by atoms with Gasteiger partial charge in [-0.1, -0.05) is 23.5 Å². The number of primary amides is 1. The molecule has 0 radical (unpaired) electrons. The van der Waals surface area contributed by atoms with Crippen molar-refractivity contribution in [2.45, 2.75) is 19.5 Å². The smallest absolute Gasteiger partial charge is 0.347 e. The van der Waals surface area contributed by atoms with Crippen LogP contribution in [0.1, 0.15) is 31.3 Å². The van der Waals surface area contributed by atoms with Gasteiger partial charge in [-0.3, -0.25) is 10.1 Å². The molecule has 1 saturated heterocycles. The number of aromatic carboxylic acids is 1. The predicted molar refractivity (Wildman–Crippen MR) is 137 cm³/mol. The van der Waals surface area contributed by atoms with E-state index in [0.717, 1.165) is 16.9 Å². The van der Waals surface area contributed by atoms with E-state index < -0.39 is 23.9 Å². The van der Waals surface area contributed by atoms with Gasteiger partial charge < -0.3 is 31.1 Å². The first-order valence-corrected chi connectivity index (χ1v) is 12.1. The van der Waals surface area contributed by atoms with E-state index in [1.54, 1.807) is 37.3 Å². The molecule has 1 amide bonds. The number of nitrogens with two attached hydrogens (primary N) is 1. The highest BCUT2D eigenvalue weighted by molar-refractivity contribution is 7.17. The van der Waals surface area contributed by atoms with Crippen LogP contribution in [-0.2, 0) is 16.1 Å². The van der Waals surface area contributed by atoms with Crippen molar-refractivity contribution in [3.8, 4) is 0 Å². The molecule has 1 aromatic carbocycles. The summed E-state index contributed by atoms with van der Waals surface area (Å²) >= 11 is 0.985. The highest BCUT2D eigenvalue weighted by atomic mass is 32.1. The van der Waals surface area contributed by atoms with E-state index in [1.165, 1.54) is 7.11 Å². The summed E-state index contributed by atoms with van der Waals surface area (Å²) in [5, 5.41) is 19.0. The third-order valence-electron chi connectivity index (χ3n) is 5.61. The average Bonchev–Trinajstić information content (AvgIpc) is 3.27. The van der Waals surface area contributed by atoms with Crippen molar-refractivity contribution < 1.29 is 24.2 Å². The summed E-state index contributed by atoms with van der Waals surface area (Å²) in [5.41, 5.74) is 7.23. The van der Waals surface area contributed by atoms with Crippen molar-refractivity contribution in [3.63, 3.8) is 0 Å².